The van der Waals surface area contributed by atoms with Crippen molar-refractivity contribution >= 4 is 46.0 Å². The lowest BCUT2D eigenvalue weighted by Gasteiger charge is -2.11. The van der Waals surface area contributed by atoms with Crippen LogP contribution in [-0.4, -0.2) is 35.8 Å². The quantitative estimate of drug-likeness (QED) is 0.467. The lowest BCUT2D eigenvalue weighted by atomic mass is 10.2. The number of benzene rings is 1. The summed E-state index contributed by atoms with van der Waals surface area (Å²) in [6.07, 6.45) is 7.34. The van der Waals surface area contributed by atoms with Crippen molar-refractivity contribution < 1.29 is 4.79 Å². The Labute approximate surface area is 141 Å². The van der Waals surface area contributed by atoms with E-state index in [1.54, 1.807) is 11.0 Å². The molecule has 0 N–H and O–H groups in total. The average molecular weight is 330 g/mol. The van der Waals surface area contributed by atoms with Crippen LogP contribution in [0.15, 0.2) is 54.0 Å². The molecule has 1 aromatic carbocycles. The number of rotatable bonds is 5. The van der Waals surface area contributed by atoms with Gasteiger partial charge in [0, 0.05) is 26.3 Å². The van der Waals surface area contributed by atoms with E-state index >= 15 is 0 Å². The van der Waals surface area contributed by atoms with E-state index in [1.807, 2.05) is 44.5 Å². The zero-order chi connectivity index (χ0) is 16.1. The molecule has 2 rings (SSSR count). The van der Waals surface area contributed by atoms with Gasteiger partial charge in [-0.2, -0.15) is 0 Å². The number of nitrogens with zero attached hydrogens (tertiary/aromatic N) is 2. The first-order valence-corrected chi connectivity index (χ1v) is 8.05. The zero-order valence-corrected chi connectivity index (χ0v) is 14.3. The highest BCUT2D eigenvalue weighted by atomic mass is 32.2. The van der Waals surface area contributed by atoms with Gasteiger partial charge in [0.1, 0.15) is 4.32 Å². The molecule has 114 valence electrons. The number of carbonyl (C=O) groups excluding carboxylic acids is 1. The van der Waals surface area contributed by atoms with Crippen molar-refractivity contribution in [3.63, 3.8) is 0 Å². The van der Waals surface area contributed by atoms with Crippen LogP contribution in [0.5, 0.6) is 0 Å². The summed E-state index contributed by atoms with van der Waals surface area (Å²) in [4.78, 5) is 16.4. The van der Waals surface area contributed by atoms with Gasteiger partial charge >= 0.3 is 0 Å². The van der Waals surface area contributed by atoms with Crippen molar-refractivity contribution in [2.75, 3.05) is 25.5 Å². The van der Waals surface area contributed by atoms with Crippen molar-refractivity contribution in [1.82, 2.24) is 4.90 Å². The van der Waals surface area contributed by atoms with Crippen molar-refractivity contribution in [2.45, 2.75) is 0 Å². The molecule has 1 fully saturated rings. The first kappa shape index (κ1) is 16.5. The monoisotopic (exact) mass is 330 g/mol. The molecule has 5 heteroatoms. The van der Waals surface area contributed by atoms with E-state index in [0.717, 1.165) is 11.3 Å². The van der Waals surface area contributed by atoms with E-state index in [2.05, 4.69) is 23.6 Å². The Morgan fingerprint density at radius 2 is 2.00 bits per heavy atom. The third-order valence-corrected chi connectivity index (χ3v) is 4.53. The average Bonchev–Trinajstić information content (AvgIpc) is 2.76. The molecule has 0 unspecified atom stereocenters. The van der Waals surface area contributed by atoms with Crippen molar-refractivity contribution in [1.29, 1.82) is 0 Å². The van der Waals surface area contributed by atoms with E-state index in [0.29, 0.717) is 15.8 Å². The third kappa shape index (κ3) is 3.87. The SMILES string of the molecule is C=CCN1C(=O)/C(=C/C=C/c2ccc(N(C)C)cc2)SC1=S. The molecule has 0 aliphatic carbocycles. The molecular formula is C17H18N2OS2. The molecule has 0 radical (unpaired) electrons. The molecular weight excluding hydrogens is 312 g/mol. The lowest BCUT2D eigenvalue weighted by molar-refractivity contribution is -0.121. The highest BCUT2D eigenvalue weighted by molar-refractivity contribution is 8.26. The fourth-order valence-corrected chi connectivity index (χ4v) is 3.16. The smallest absolute Gasteiger partial charge is 0.266 e. The Morgan fingerprint density at radius 1 is 1.32 bits per heavy atom. The fraction of sp³-hybridized carbons (Fsp3) is 0.176. The normalized spacial score (nSPS) is 16.8. The highest BCUT2D eigenvalue weighted by Crippen LogP contribution is 2.30. The maximum absolute atomic E-state index is 12.1. The standard InChI is InChI=1S/C17H18N2OS2/c1-4-12-19-16(20)15(22-17(19)21)7-5-6-13-8-10-14(11-9-13)18(2)3/h4-11H,1,12H2,2-3H3/b6-5+,15-7-. The van der Waals surface area contributed by atoms with Gasteiger partial charge in [-0.05, 0) is 23.8 Å². The number of carbonyl (C=O) groups is 1. The summed E-state index contributed by atoms with van der Waals surface area (Å²) >= 11 is 6.52. The van der Waals surface area contributed by atoms with Gasteiger partial charge < -0.3 is 4.90 Å². The predicted octanol–water partition coefficient (Wildman–Crippen LogP) is 3.70. The Kier molecular flexibility index (Phi) is 5.57. The second kappa shape index (κ2) is 7.42. The molecule has 0 aromatic heterocycles. The summed E-state index contributed by atoms with van der Waals surface area (Å²) in [6, 6.07) is 8.21. The number of hydrogen-bond donors (Lipinski definition) is 0. The van der Waals surface area contributed by atoms with Gasteiger partial charge in [-0.25, -0.2) is 0 Å². The highest BCUT2D eigenvalue weighted by Gasteiger charge is 2.30. The largest absolute Gasteiger partial charge is 0.378 e. The number of amides is 1. The van der Waals surface area contributed by atoms with Gasteiger partial charge in [0.25, 0.3) is 5.91 Å². The second-order valence-electron chi connectivity index (χ2n) is 4.95. The van der Waals surface area contributed by atoms with E-state index in [9.17, 15) is 4.79 Å². The number of thioether (sulfide) groups is 1. The summed E-state index contributed by atoms with van der Waals surface area (Å²) in [6.45, 7) is 4.10. The Bertz CT molecular complexity index is 645. The van der Waals surface area contributed by atoms with Gasteiger partial charge in [-0.3, -0.25) is 9.69 Å². The first-order chi connectivity index (χ1) is 10.5. The molecule has 1 aromatic rings. The third-order valence-electron chi connectivity index (χ3n) is 3.13. The first-order valence-electron chi connectivity index (χ1n) is 6.83. The molecule has 3 nitrogen and oxygen atoms in total. The van der Waals surface area contributed by atoms with Crippen LogP contribution in [0.25, 0.3) is 6.08 Å². The van der Waals surface area contributed by atoms with Crippen LogP contribution in [0.4, 0.5) is 5.69 Å². The summed E-state index contributed by atoms with van der Waals surface area (Å²) < 4.78 is 0.583. The Hall–Kier alpha value is -1.85. The van der Waals surface area contributed by atoms with E-state index in [1.165, 1.54) is 11.8 Å². The molecule has 22 heavy (non-hydrogen) atoms. The van der Waals surface area contributed by atoms with Crippen LogP contribution in [0.3, 0.4) is 0 Å². The molecule has 1 amide bonds. The van der Waals surface area contributed by atoms with Crippen molar-refractivity contribution in [3.8, 4) is 0 Å². The van der Waals surface area contributed by atoms with E-state index in [-0.39, 0.29) is 5.91 Å². The van der Waals surface area contributed by atoms with Gasteiger partial charge in [0.05, 0.1) is 4.91 Å². The fourth-order valence-electron chi connectivity index (χ4n) is 1.93. The minimum atomic E-state index is -0.0532. The number of thiocarbonyl (C=S) groups is 1. The number of allylic oxidation sites excluding steroid dienone is 2. The van der Waals surface area contributed by atoms with E-state index < -0.39 is 0 Å². The zero-order valence-electron chi connectivity index (χ0n) is 12.7. The molecule has 0 spiro atoms. The molecule has 1 aliphatic heterocycles. The minimum absolute atomic E-state index is 0.0532. The second-order valence-corrected chi connectivity index (χ2v) is 6.62. The lowest BCUT2D eigenvalue weighted by Crippen LogP contribution is -2.27. The van der Waals surface area contributed by atoms with Gasteiger partial charge in [0.15, 0.2) is 0 Å². The summed E-state index contributed by atoms with van der Waals surface area (Å²) in [7, 11) is 4.02. The van der Waals surface area contributed by atoms with E-state index in [4.69, 9.17) is 12.2 Å². The number of anilines is 1. The summed E-state index contributed by atoms with van der Waals surface area (Å²) in [5.74, 6) is -0.0532. The molecule has 1 saturated heterocycles. The Balaban J connectivity index is 2.06. The maximum atomic E-state index is 12.1. The minimum Gasteiger partial charge on any atom is -0.378 e. The molecule has 0 saturated carbocycles. The Morgan fingerprint density at radius 3 is 2.59 bits per heavy atom. The van der Waals surface area contributed by atoms with Crippen LogP contribution in [0, 0.1) is 0 Å². The topological polar surface area (TPSA) is 23.6 Å². The molecule has 0 bridgehead atoms. The van der Waals surface area contributed by atoms with Crippen LogP contribution in [-0.2, 0) is 4.79 Å². The van der Waals surface area contributed by atoms with Crippen molar-refractivity contribution in [2.24, 2.45) is 0 Å². The number of hydrogen-bond acceptors (Lipinski definition) is 4. The van der Waals surface area contributed by atoms with Crippen molar-refractivity contribution in [3.05, 3.63) is 59.5 Å². The van der Waals surface area contributed by atoms with Crippen LogP contribution in [0.2, 0.25) is 0 Å². The molecule has 0 atom stereocenters. The van der Waals surface area contributed by atoms with Gasteiger partial charge in [-0.1, -0.05) is 54.3 Å². The van der Waals surface area contributed by atoms with Gasteiger partial charge in [-0.15, -0.1) is 6.58 Å². The van der Waals surface area contributed by atoms with Crippen LogP contribution < -0.4 is 4.90 Å². The molecule has 1 aliphatic rings. The predicted molar refractivity (Wildman–Crippen MR) is 100.0 cm³/mol. The molecule has 1 heterocycles. The van der Waals surface area contributed by atoms with Crippen LogP contribution >= 0.6 is 24.0 Å². The van der Waals surface area contributed by atoms with Crippen LogP contribution in [0.1, 0.15) is 5.56 Å². The van der Waals surface area contributed by atoms with Gasteiger partial charge in [0.2, 0.25) is 0 Å². The maximum Gasteiger partial charge on any atom is 0.266 e. The summed E-state index contributed by atoms with van der Waals surface area (Å²) in [5, 5.41) is 0. The summed E-state index contributed by atoms with van der Waals surface area (Å²) in [5.41, 5.74) is 2.24.